The number of hydrogen-bond acceptors (Lipinski definition) is 3. The summed E-state index contributed by atoms with van der Waals surface area (Å²) in [4.78, 5) is 15.5. The summed E-state index contributed by atoms with van der Waals surface area (Å²) in [6, 6.07) is 13.2. The third-order valence-corrected chi connectivity index (χ3v) is 3.15. The average Bonchev–Trinajstić information content (AvgIpc) is 2.46. The van der Waals surface area contributed by atoms with Gasteiger partial charge in [-0.25, -0.2) is 0 Å². The first kappa shape index (κ1) is 14.2. The third-order valence-electron chi connectivity index (χ3n) is 3.15. The summed E-state index contributed by atoms with van der Waals surface area (Å²) in [7, 11) is 0. The van der Waals surface area contributed by atoms with Gasteiger partial charge in [0.1, 0.15) is 0 Å². The lowest BCUT2D eigenvalue weighted by Gasteiger charge is -2.13. The number of carbonyl (C=O) groups is 1. The van der Waals surface area contributed by atoms with Crippen molar-refractivity contribution in [2.75, 3.05) is 6.54 Å². The molecule has 0 saturated heterocycles. The van der Waals surface area contributed by atoms with E-state index in [1.165, 1.54) is 0 Å². The predicted molar refractivity (Wildman–Crippen MR) is 77.5 cm³/mol. The van der Waals surface area contributed by atoms with Crippen LogP contribution in [0, 0.1) is 6.92 Å². The number of benzene rings is 1. The van der Waals surface area contributed by atoms with Crippen LogP contribution in [0.5, 0.6) is 0 Å². The van der Waals surface area contributed by atoms with Crippen molar-refractivity contribution in [3.05, 3.63) is 65.5 Å². The standard InChI is InChI=1S/C16H18N2O2/c1-12-7-8-13(10-18-12)9-17-11-15(16(19)20)14-5-3-2-4-6-14/h2-8,10,15,17H,9,11H2,1H3,(H,19,20). The molecule has 1 aromatic heterocycles. The number of rotatable bonds is 6. The Morgan fingerprint density at radius 3 is 2.60 bits per heavy atom. The number of carboxylic acid groups (broad SMARTS) is 1. The first-order valence-electron chi connectivity index (χ1n) is 6.57. The monoisotopic (exact) mass is 270 g/mol. The molecule has 4 heteroatoms. The van der Waals surface area contributed by atoms with Crippen molar-refractivity contribution in [3.8, 4) is 0 Å². The highest BCUT2D eigenvalue weighted by atomic mass is 16.4. The molecule has 0 spiro atoms. The Hall–Kier alpha value is -2.20. The van der Waals surface area contributed by atoms with Crippen molar-refractivity contribution in [2.24, 2.45) is 0 Å². The third kappa shape index (κ3) is 3.90. The smallest absolute Gasteiger partial charge is 0.312 e. The van der Waals surface area contributed by atoms with Crippen LogP contribution in [-0.2, 0) is 11.3 Å². The molecule has 0 aliphatic rings. The van der Waals surface area contributed by atoms with E-state index in [2.05, 4.69) is 10.3 Å². The van der Waals surface area contributed by atoms with Gasteiger partial charge in [-0.1, -0.05) is 36.4 Å². The van der Waals surface area contributed by atoms with Gasteiger partial charge in [0.25, 0.3) is 0 Å². The summed E-state index contributed by atoms with van der Waals surface area (Å²) in [5, 5.41) is 12.5. The topological polar surface area (TPSA) is 62.2 Å². The minimum Gasteiger partial charge on any atom is -0.481 e. The Morgan fingerprint density at radius 2 is 2.00 bits per heavy atom. The largest absolute Gasteiger partial charge is 0.481 e. The van der Waals surface area contributed by atoms with E-state index in [9.17, 15) is 9.90 Å². The second-order valence-corrected chi connectivity index (χ2v) is 4.74. The molecular weight excluding hydrogens is 252 g/mol. The highest BCUT2D eigenvalue weighted by molar-refractivity contribution is 5.76. The summed E-state index contributed by atoms with van der Waals surface area (Å²) >= 11 is 0. The SMILES string of the molecule is Cc1ccc(CNCC(C(=O)O)c2ccccc2)cn1. The average molecular weight is 270 g/mol. The minimum atomic E-state index is -0.814. The molecule has 20 heavy (non-hydrogen) atoms. The number of aryl methyl sites for hydroxylation is 1. The number of hydrogen-bond donors (Lipinski definition) is 2. The van der Waals surface area contributed by atoms with E-state index in [1.807, 2.05) is 49.4 Å². The van der Waals surface area contributed by atoms with Gasteiger partial charge in [0, 0.05) is 25.0 Å². The molecule has 0 radical (unpaired) electrons. The van der Waals surface area contributed by atoms with Crippen LogP contribution < -0.4 is 5.32 Å². The molecule has 2 aromatic rings. The first-order chi connectivity index (χ1) is 9.66. The Morgan fingerprint density at radius 1 is 1.25 bits per heavy atom. The number of nitrogens with zero attached hydrogens (tertiary/aromatic N) is 1. The maximum atomic E-state index is 11.3. The highest BCUT2D eigenvalue weighted by Gasteiger charge is 2.18. The molecule has 0 aliphatic heterocycles. The Bertz CT molecular complexity index is 552. The lowest BCUT2D eigenvalue weighted by atomic mass is 9.99. The van der Waals surface area contributed by atoms with Crippen LogP contribution in [0.2, 0.25) is 0 Å². The van der Waals surface area contributed by atoms with Crippen molar-refractivity contribution in [1.82, 2.24) is 10.3 Å². The summed E-state index contributed by atoms with van der Waals surface area (Å²) < 4.78 is 0. The predicted octanol–water partition coefficient (Wildman–Crippen LogP) is 2.35. The maximum Gasteiger partial charge on any atom is 0.312 e. The summed E-state index contributed by atoms with van der Waals surface area (Å²) in [6.45, 7) is 2.95. The van der Waals surface area contributed by atoms with Crippen LogP contribution in [0.1, 0.15) is 22.7 Å². The normalized spacial score (nSPS) is 12.1. The van der Waals surface area contributed by atoms with Crippen molar-refractivity contribution in [3.63, 3.8) is 0 Å². The molecule has 104 valence electrons. The fourth-order valence-corrected chi connectivity index (χ4v) is 2.00. The van der Waals surface area contributed by atoms with Gasteiger partial charge in [0.15, 0.2) is 0 Å². The Balaban J connectivity index is 1.93. The van der Waals surface area contributed by atoms with Crippen LogP contribution in [0.25, 0.3) is 0 Å². The minimum absolute atomic E-state index is 0.396. The van der Waals surface area contributed by atoms with E-state index in [0.29, 0.717) is 13.1 Å². The molecular formula is C16H18N2O2. The van der Waals surface area contributed by atoms with Gasteiger partial charge in [-0.2, -0.15) is 0 Å². The number of aromatic nitrogens is 1. The van der Waals surface area contributed by atoms with E-state index < -0.39 is 11.9 Å². The molecule has 0 aliphatic carbocycles. The van der Waals surface area contributed by atoms with Gasteiger partial charge in [-0.05, 0) is 24.1 Å². The van der Waals surface area contributed by atoms with Gasteiger partial charge in [0.05, 0.1) is 5.92 Å². The lowest BCUT2D eigenvalue weighted by Crippen LogP contribution is -2.26. The lowest BCUT2D eigenvalue weighted by molar-refractivity contribution is -0.138. The molecule has 1 unspecified atom stereocenters. The van der Waals surface area contributed by atoms with Gasteiger partial charge in [0.2, 0.25) is 0 Å². The second-order valence-electron chi connectivity index (χ2n) is 4.74. The number of carboxylic acids is 1. The number of pyridine rings is 1. The van der Waals surface area contributed by atoms with Crippen LogP contribution in [0.3, 0.4) is 0 Å². The van der Waals surface area contributed by atoms with Gasteiger partial charge in [-0.15, -0.1) is 0 Å². The zero-order chi connectivity index (χ0) is 14.4. The highest BCUT2D eigenvalue weighted by Crippen LogP contribution is 2.14. The van der Waals surface area contributed by atoms with Crippen LogP contribution in [-0.4, -0.2) is 22.6 Å². The van der Waals surface area contributed by atoms with Crippen LogP contribution >= 0.6 is 0 Å². The summed E-state index contributed by atoms with van der Waals surface area (Å²) in [6.07, 6.45) is 1.81. The fraction of sp³-hybridized carbons (Fsp3) is 0.250. The fourth-order valence-electron chi connectivity index (χ4n) is 2.00. The van der Waals surface area contributed by atoms with E-state index in [4.69, 9.17) is 0 Å². The summed E-state index contributed by atoms with van der Waals surface area (Å²) in [5.41, 5.74) is 2.84. The second kappa shape index (κ2) is 6.82. The van der Waals surface area contributed by atoms with E-state index in [0.717, 1.165) is 16.8 Å². The molecule has 0 bridgehead atoms. The number of nitrogens with one attached hydrogen (secondary N) is 1. The summed E-state index contributed by atoms with van der Waals surface area (Å²) in [5.74, 6) is -1.35. The molecule has 0 amide bonds. The molecule has 2 rings (SSSR count). The van der Waals surface area contributed by atoms with Crippen LogP contribution in [0.15, 0.2) is 48.7 Å². The molecule has 1 aromatic carbocycles. The Labute approximate surface area is 118 Å². The van der Waals surface area contributed by atoms with Crippen molar-refractivity contribution in [1.29, 1.82) is 0 Å². The van der Waals surface area contributed by atoms with Crippen molar-refractivity contribution >= 4 is 5.97 Å². The van der Waals surface area contributed by atoms with Crippen molar-refractivity contribution in [2.45, 2.75) is 19.4 Å². The van der Waals surface area contributed by atoms with E-state index >= 15 is 0 Å². The van der Waals surface area contributed by atoms with Crippen molar-refractivity contribution < 1.29 is 9.90 Å². The zero-order valence-corrected chi connectivity index (χ0v) is 11.4. The quantitative estimate of drug-likeness (QED) is 0.845. The molecule has 0 saturated carbocycles. The van der Waals surface area contributed by atoms with E-state index in [1.54, 1.807) is 6.20 Å². The van der Waals surface area contributed by atoms with E-state index in [-0.39, 0.29) is 0 Å². The maximum absolute atomic E-state index is 11.3. The molecule has 2 N–H and O–H groups in total. The molecule has 1 atom stereocenters. The number of aliphatic carboxylic acids is 1. The van der Waals surface area contributed by atoms with Gasteiger partial charge < -0.3 is 10.4 Å². The Kier molecular flexibility index (Phi) is 4.85. The van der Waals surface area contributed by atoms with Crippen LogP contribution in [0.4, 0.5) is 0 Å². The first-order valence-corrected chi connectivity index (χ1v) is 6.57. The molecule has 1 heterocycles. The molecule has 0 fully saturated rings. The van der Waals surface area contributed by atoms with Gasteiger partial charge >= 0.3 is 5.97 Å². The molecule has 4 nitrogen and oxygen atoms in total. The van der Waals surface area contributed by atoms with Gasteiger partial charge in [-0.3, -0.25) is 9.78 Å². The zero-order valence-electron chi connectivity index (χ0n) is 11.4.